The van der Waals surface area contributed by atoms with E-state index in [1.54, 1.807) is 0 Å². The number of nitrogens with one attached hydrogen (secondary N) is 1. The monoisotopic (exact) mass is 511 g/mol. The number of nitrogens with zero attached hydrogens (tertiary/aromatic N) is 2. The molecule has 4 aromatic rings. The van der Waals surface area contributed by atoms with E-state index >= 15 is 0 Å². The van der Waals surface area contributed by atoms with Crippen LogP contribution in [0.1, 0.15) is 68.8 Å². The van der Waals surface area contributed by atoms with E-state index in [9.17, 15) is 4.79 Å². The van der Waals surface area contributed by atoms with Gasteiger partial charge in [0.05, 0.1) is 17.6 Å². The maximum absolute atomic E-state index is 12.3. The van der Waals surface area contributed by atoms with E-state index in [0.29, 0.717) is 25.5 Å². The van der Waals surface area contributed by atoms with Crippen LogP contribution in [0.15, 0.2) is 78.9 Å². The molecular formula is C33H41N3O2. The summed E-state index contributed by atoms with van der Waals surface area (Å²) in [4.78, 5) is 17.2. The van der Waals surface area contributed by atoms with Gasteiger partial charge in [0.15, 0.2) is 0 Å². The van der Waals surface area contributed by atoms with Gasteiger partial charge in [-0.1, -0.05) is 68.4 Å². The average Bonchev–Trinajstić information content (AvgIpc) is 3.31. The molecule has 0 aliphatic heterocycles. The van der Waals surface area contributed by atoms with Crippen molar-refractivity contribution < 1.29 is 9.53 Å². The lowest BCUT2D eigenvalue weighted by Gasteiger charge is -2.12. The lowest BCUT2D eigenvalue weighted by Crippen LogP contribution is -2.25. The molecular weight excluding hydrogens is 470 g/mol. The number of aryl methyl sites for hydroxylation is 3. The molecule has 0 saturated carbocycles. The minimum atomic E-state index is 0.108. The third-order valence-corrected chi connectivity index (χ3v) is 7.22. The van der Waals surface area contributed by atoms with E-state index in [-0.39, 0.29) is 5.91 Å². The van der Waals surface area contributed by atoms with Crippen molar-refractivity contribution in [3.8, 4) is 5.75 Å². The lowest BCUT2D eigenvalue weighted by atomic mass is 9.99. The zero-order chi connectivity index (χ0) is 26.6. The van der Waals surface area contributed by atoms with Gasteiger partial charge < -0.3 is 14.6 Å². The Bertz CT molecular complexity index is 1260. The summed E-state index contributed by atoms with van der Waals surface area (Å²) in [6.45, 7) is 6.76. The number of hydrogen-bond acceptors (Lipinski definition) is 3. The Morgan fingerprint density at radius 1 is 0.921 bits per heavy atom. The molecule has 0 saturated heterocycles. The van der Waals surface area contributed by atoms with Gasteiger partial charge in [-0.3, -0.25) is 4.79 Å². The molecule has 0 aliphatic rings. The normalized spacial score (nSPS) is 11.9. The van der Waals surface area contributed by atoms with Gasteiger partial charge >= 0.3 is 0 Å². The van der Waals surface area contributed by atoms with Crippen LogP contribution >= 0.6 is 0 Å². The topological polar surface area (TPSA) is 56.1 Å². The highest BCUT2D eigenvalue weighted by Crippen LogP contribution is 2.22. The van der Waals surface area contributed by atoms with Crippen molar-refractivity contribution >= 4 is 16.9 Å². The predicted molar refractivity (Wildman–Crippen MR) is 156 cm³/mol. The first-order chi connectivity index (χ1) is 18.6. The maximum atomic E-state index is 12.3. The first-order valence-corrected chi connectivity index (χ1v) is 14.1. The van der Waals surface area contributed by atoms with Crippen LogP contribution in [-0.2, 0) is 24.2 Å². The quantitative estimate of drug-likeness (QED) is 0.173. The molecule has 0 bridgehead atoms. The highest BCUT2D eigenvalue weighted by atomic mass is 16.5. The van der Waals surface area contributed by atoms with E-state index in [0.717, 1.165) is 62.2 Å². The summed E-state index contributed by atoms with van der Waals surface area (Å²) in [6.07, 6.45) is 6.16. The second kappa shape index (κ2) is 14.4. The fourth-order valence-corrected chi connectivity index (χ4v) is 4.72. The molecule has 1 N–H and O–H groups in total. The number of carbonyl (C=O) groups excluding carboxylic acids is 1. The summed E-state index contributed by atoms with van der Waals surface area (Å²) in [7, 11) is 0. The number of amides is 1. The van der Waals surface area contributed by atoms with Crippen molar-refractivity contribution in [2.45, 2.75) is 71.3 Å². The Balaban J connectivity index is 1.21. The van der Waals surface area contributed by atoms with E-state index in [4.69, 9.17) is 9.72 Å². The number of imidazole rings is 1. The molecule has 1 aromatic heterocycles. The number of para-hydroxylation sites is 2. The highest BCUT2D eigenvalue weighted by molar-refractivity contribution is 5.76. The third-order valence-electron chi connectivity index (χ3n) is 7.22. The molecule has 200 valence electrons. The van der Waals surface area contributed by atoms with Crippen LogP contribution in [-0.4, -0.2) is 28.6 Å². The van der Waals surface area contributed by atoms with Crippen LogP contribution in [0.25, 0.3) is 11.0 Å². The van der Waals surface area contributed by atoms with Gasteiger partial charge in [0, 0.05) is 25.9 Å². The zero-order valence-electron chi connectivity index (χ0n) is 22.9. The number of fused-ring (bicyclic) bond motifs is 1. The first-order valence-electron chi connectivity index (χ1n) is 14.1. The number of ether oxygens (including phenoxy) is 1. The number of rotatable bonds is 15. The predicted octanol–water partition coefficient (Wildman–Crippen LogP) is 7.09. The van der Waals surface area contributed by atoms with E-state index in [2.05, 4.69) is 78.3 Å². The number of benzene rings is 3. The Morgan fingerprint density at radius 3 is 2.47 bits per heavy atom. The summed E-state index contributed by atoms with van der Waals surface area (Å²) in [6, 6.07) is 27.0. The maximum Gasteiger partial charge on any atom is 0.220 e. The molecule has 4 rings (SSSR count). The van der Waals surface area contributed by atoms with E-state index < -0.39 is 0 Å². The Hall–Kier alpha value is -3.60. The summed E-state index contributed by atoms with van der Waals surface area (Å²) >= 11 is 0. The van der Waals surface area contributed by atoms with Crippen molar-refractivity contribution in [1.29, 1.82) is 0 Å². The van der Waals surface area contributed by atoms with Gasteiger partial charge in [-0.2, -0.15) is 0 Å². The second-order valence-electron chi connectivity index (χ2n) is 10.0. The Kier molecular flexibility index (Phi) is 10.4. The molecule has 0 spiro atoms. The smallest absolute Gasteiger partial charge is 0.220 e. The van der Waals surface area contributed by atoms with Gasteiger partial charge in [0.2, 0.25) is 5.91 Å². The zero-order valence-corrected chi connectivity index (χ0v) is 22.9. The molecule has 5 nitrogen and oxygen atoms in total. The van der Waals surface area contributed by atoms with Crippen molar-refractivity contribution in [1.82, 2.24) is 14.9 Å². The summed E-state index contributed by atoms with van der Waals surface area (Å²) in [5.74, 6) is 2.72. The largest absolute Gasteiger partial charge is 0.494 e. The lowest BCUT2D eigenvalue weighted by molar-refractivity contribution is -0.121. The first kappa shape index (κ1) is 27.4. The van der Waals surface area contributed by atoms with Crippen LogP contribution < -0.4 is 10.1 Å². The molecule has 0 fully saturated rings. The van der Waals surface area contributed by atoms with Gasteiger partial charge in [-0.05, 0) is 73.4 Å². The Labute approximate surface area is 227 Å². The van der Waals surface area contributed by atoms with E-state index in [1.807, 2.05) is 24.3 Å². The molecule has 5 heteroatoms. The van der Waals surface area contributed by atoms with Crippen LogP contribution in [0.4, 0.5) is 0 Å². The fraction of sp³-hybridized carbons (Fsp3) is 0.394. The summed E-state index contributed by atoms with van der Waals surface area (Å²) < 4.78 is 8.34. The van der Waals surface area contributed by atoms with Gasteiger partial charge in [0.1, 0.15) is 11.6 Å². The minimum absolute atomic E-state index is 0.108. The molecule has 0 radical (unpaired) electrons. The van der Waals surface area contributed by atoms with Gasteiger partial charge in [-0.15, -0.1) is 0 Å². The highest BCUT2D eigenvalue weighted by Gasteiger charge is 2.11. The molecule has 1 unspecified atom stereocenters. The molecule has 1 atom stereocenters. The van der Waals surface area contributed by atoms with Crippen LogP contribution in [0, 0.1) is 0 Å². The van der Waals surface area contributed by atoms with Crippen molar-refractivity contribution in [2.24, 2.45) is 0 Å². The van der Waals surface area contributed by atoms with Crippen molar-refractivity contribution in [3.63, 3.8) is 0 Å². The van der Waals surface area contributed by atoms with Crippen LogP contribution in [0.2, 0.25) is 0 Å². The Morgan fingerprint density at radius 2 is 1.68 bits per heavy atom. The molecule has 0 aliphatic carbocycles. The molecule has 3 aromatic carbocycles. The average molecular weight is 512 g/mol. The number of carbonyl (C=O) groups is 1. The molecule has 38 heavy (non-hydrogen) atoms. The third kappa shape index (κ3) is 7.95. The number of unbranched alkanes of at least 4 members (excludes halogenated alkanes) is 1. The summed E-state index contributed by atoms with van der Waals surface area (Å²) in [5.41, 5.74) is 4.77. The molecule has 1 amide bonds. The SMILES string of the molecule is CCC(C)c1ccc(OCCCCn2c(CCCNC(=O)CCc3ccccc3)nc3ccccc32)cc1. The van der Waals surface area contributed by atoms with Gasteiger partial charge in [0.25, 0.3) is 0 Å². The second-order valence-corrected chi connectivity index (χ2v) is 10.0. The standard InChI is InChI=1S/C33H41N3O2/c1-3-26(2)28-18-20-29(21-19-28)38-25-10-9-24-36-31-15-8-7-14-30(31)35-32(36)16-11-23-34-33(37)22-17-27-12-5-4-6-13-27/h4-8,12-15,18-21,26H,3,9-11,16-17,22-25H2,1-2H3,(H,34,37). The summed E-state index contributed by atoms with van der Waals surface area (Å²) in [5, 5.41) is 3.07. The molecule has 1 heterocycles. The van der Waals surface area contributed by atoms with Crippen LogP contribution in [0.3, 0.4) is 0 Å². The fourth-order valence-electron chi connectivity index (χ4n) is 4.72. The van der Waals surface area contributed by atoms with Crippen molar-refractivity contribution in [2.75, 3.05) is 13.2 Å². The van der Waals surface area contributed by atoms with Gasteiger partial charge in [-0.25, -0.2) is 4.98 Å². The number of hydrogen-bond donors (Lipinski definition) is 1. The van der Waals surface area contributed by atoms with E-state index in [1.165, 1.54) is 16.6 Å². The minimum Gasteiger partial charge on any atom is -0.494 e. The number of aromatic nitrogens is 2. The van der Waals surface area contributed by atoms with Crippen LogP contribution in [0.5, 0.6) is 5.75 Å². The van der Waals surface area contributed by atoms with Crippen molar-refractivity contribution in [3.05, 3.63) is 95.8 Å².